The molecule has 0 amide bonds. The largest absolute Gasteiger partial charge is 0.344 e. The molecule has 3 N–H and O–H groups in total. The molecule has 0 fully saturated rings. The molecule has 2 heteroatoms. The average Bonchev–Trinajstić information content (AvgIpc) is 2.05. The zero-order valence-corrected chi connectivity index (χ0v) is 6.71. The Hall–Kier alpha value is -1.15. The first kappa shape index (κ1) is 9.85. The molecule has 0 radical (unpaired) electrons. The number of hydrogen-bond donors (Lipinski definition) is 1. The second-order valence-corrected chi connectivity index (χ2v) is 2.14. The summed E-state index contributed by atoms with van der Waals surface area (Å²) in [6.45, 7) is 1.87. The molecule has 0 heterocycles. The summed E-state index contributed by atoms with van der Waals surface area (Å²) in [5, 5.41) is 0. The minimum absolute atomic E-state index is 0. The van der Waals surface area contributed by atoms with Crippen molar-refractivity contribution in [2.75, 3.05) is 0 Å². The number of hydrogen-bond acceptors (Lipinski definition) is 2. The van der Waals surface area contributed by atoms with E-state index in [1.54, 1.807) is 0 Å². The molecular weight excluding hydrogens is 138 g/mol. The Labute approximate surface area is 66.8 Å². The maximum absolute atomic E-state index is 11.0. The summed E-state index contributed by atoms with van der Waals surface area (Å²) in [5.74, 6) is 0.209. The Bertz CT molecular complexity index is 218. The third kappa shape index (κ3) is 2.51. The van der Waals surface area contributed by atoms with Gasteiger partial charge in [-0.05, 0) is 0 Å². The lowest BCUT2D eigenvalue weighted by molar-refractivity contribution is 0.0988. The van der Waals surface area contributed by atoms with E-state index in [0.717, 1.165) is 5.56 Å². The van der Waals surface area contributed by atoms with Gasteiger partial charge in [0.2, 0.25) is 0 Å². The van der Waals surface area contributed by atoms with Gasteiger partial charge in [-0.1, -0.05) is 37.3 Å². The first-order valence-corrected chi connectivity index (χ1v) is 3.43. The predicted molar refractivity (Wildman–Crippen MR) is 46.1 cm³/mol. The van der Waals surface area contributed by atoms with E-state index in [1.165, 1.54) is 0 Å². The van der Waals surface area contributed by atoms with Crippen LogP contribution >= 0.6 is 0 Å². The highest BCUT2D eigenvalue weighted by Gasteiger charge is 1.98. The van der Waals surface area contributed by atoms with Gasteiger partial charge >= 0.3 is 0 Å². The number of carbonyl (C=O) groups excluding carboxylic acids is 1. The first-order valence-electron chi connectivity index (χ1n) is 3.43. The summed E-state index contributed by atoms with van der Waals surface area (Å²) in [6.07, 6.45) is 0.587. The van der Waals surface area contributed by atoms with Gasteiger partial charge in [-0.25, -0.2) is 0 Å². The van der Waals surface area contributed by atoms with Gasteiger partial charge in [0.25, 0.3) is 0 Å². The van der Waals surface area contributed by atoms with Crippen LogP contribution in [0.3, 0.4) is 0 Å². The van der Waals surface area contributed by atoms with E-state index in [0.29, 0.717) is 6.42 Å². The van der Waals surface area contributed by atoms with E-state index in [1.807, 2.05) is 37.3 Å². The number of benzene rings is 1. The van der Waals surface area contributed by atoms with E-state index in [4.69, 9.17) is 0 Å². The van der Waals surface area contributed by atoms with Crippen LogP contribution in [0.4, 0.5) is 0 Å². The van der Waals surface area contributed by atoms with Gasteiger partial charge < -0.3 is 6.15 Å². The van der Waals surface area contributed by atoms with Crippen molar-refractivity contribution in [3.63, 3.8) is 0 Å². The van der Waals surface area contributed by atoms with Gasteiger partial charge in [-0.15, -0.1) is 0 Å². The van der Waals surface area contributed by atoms with E-state index in [-0.39, 0.29) is 11.9 Å². The van der Waals surface area contributed by atoms with Gasteiger partial charge in [-0.3, -0.25) is 4.79 Å². The second-order valence-electron chi connectivity index (χ2n) is 2.14. The lowest BCUT2D eigenvalue weighted by Gasteiger charge is -1.93. The van der Waals surface area contributed by atoms with Gasteiger partial charge in [-0.2, -0.15) is 0 Å². The monoisotopic (exact) mass is 151 g/mol. The fraction of sp³-hybridized carbons (Fsp3) is 0.222. The molecule has 1 aromatic rings. The maximum Gasteiger partial charge on any atom is 0.162 e. The molecule has 0 atom stereocenters. The quantitative estimate of drug-likeness (QED) is 0.660. The smallest absolute Gasteiger partial charge is 0.162 e. The number of Topliss-reactive ketones (excluding diaryl/α,β-unsaturated/α-hetero) is 1. The normalized spacial score (nSPS) is 8.45. The Morgan fingerprint density at radius 1 is 1.27 bits per heavy atom. The van der Waals surface area contributed by atoms with Crippen molar-refractivity contribution in [3.05, 3.63) is 35.9 Å². The molecule has 0 bridgehead atoms. The van der Waals surface area contributed by atoms with Crippen LogP contribution in [0.5, 0.6) is 0 Å². The molecule has 0 saturated carbocycles. The fourth-order valence-electron chi connectivity index (χ4n) is 0.828. The van der Waals surface area contributed by atoms with Crippen molar-refractivity contribution in [1.82, 2.24) is 6.15 Å². The molecule has 0 aliphatic heterocycles. The number of ketones is 1. The first-order chi connectivity index (χ1) is 4.84. The van der Waals surface area contributed by atoms with Crippen LogP contribution in [-0.2, 0) is 0 Å². The predicted octanol–water partition coefficient (Wildman–Crippen LogP) is 2.44. The number of carbonyl (C=O) groups is 1. The van der Waals surface area contributed by atoms with Crippen LogP contribution in [0, 0.1) is 0 Å². The molecule has 0 spiro atoms. The molecule has 1 aromatic carbocycles. The Kier molecular flexibility index (Phi) is 4.15. The minimum atomic E-state index is 0. The Balaban J connectivity index is 0.000001000. The third-order valence-corrected chi connectivity index (χ3v) is 1.42. The molecule has 2 nitrogen and oxygen atoms in total. The van der Waals surface area contributed by atoms with Crippen LogP contribution < -0.4 is 6.15 Å². The van der Waals surface area contributed by atoms with Crippen molar-refractivity contribution in [2.24, 2.45) is 0 Å². The second kappa shape index (κ2) is 4.63. The van der Waals surface area contributed by atoms with Gasteiger partial charge in [0.05, 0.1) is 0 Å². The standard InChI is InChI=1S/C9H10O.H3N/c1-2-9(10)8-6-4-3-5-7-8;/h3-7H,2H2,1H3;1H3. The number of rotatable bonds is 2. The molecule has 0 aromatic heterocycles. The Morgan fingerprint density at radius 3 is 2.27 bits per heavy atom. The fourth-order valence-corrected chi connectivity index (χ4v) is 0.828. The van der Waals surface area contributed by atoms with Crippen molar-refractivity contribution < 1.29 is 4.79 Å². The molecule has 0 unspecified atom stereocenters. The zero-order chi connectivity index (χ0) is 7.40. The van der Waals surface area contributed by atoms with Crippen LogP contribution in [0.1, 0.15) is 23.7 Å². The summed E-state index contributed by atoms with van der Waals surface area (Å²) in [5.41, 5.74) is 0.810. The highest BCUT2D eigenvalue weighted by atomic mass is 16.1. The van der Waals surface area contributed by atoms with Crippen molar-refractivity contribution >= 4 is 5.78 Å². The van der Waals surface area contributed by atoms with Crippen LogP contribution in [0.25, 0.3) is 0 Å². The van der Waals surface area contributed by atoms with Gasteiger partial charge in [0.1, 0.15) is 0 Å². The lowest BCUT2D eigenvalue weighted by Crippen LogP contribution is -1.94. The Morgan fingerprint density at radius 2 is 1.82 bits per heavy atom. The molecule has 11 heavy (non-hydrogen) atoms. The summed E-state index contributed by atoms with van der Waals surface area (Å²) >= 11 is 0. The van der Waals surface area contributed by atoms with Crippen LogP contribution in [-0.4, -0.2) is 5.78 Å². The van der Waals surface area contributed by atoms with Crippen molar-refractivity contribution in [1.29, 1.82) is 0 Å². The summed E-state index contributed by atoms with van der Waals surface area (Å²) in [6, 6.07) is 9.34. The van der Waals surface area contributed by atoms with Crippen molar-refractivity contribution in [2.45, 2.75) is 13.3 Å². The summed E-state index contributed by atoms with van der Waals surface area (Å²) in [4.78, 5) is 11.0. The highest BCUT2D eigenvalue weighted by Crippen LogP contribution is 2.01. The van der Waals surface area contributed by atoms with Crippen LogP contribution in [0.2, 0.25) is 0 Å². The molecule has 60 valence electrons. The maximum atomic E-state index is 11.0. The lowest BCUT2D eigenvalue weighted by atomic mass is 10.1. The molecule has 1 rings (SSSR count). The topological polar surface area (TPSA) is 52.1 Å². The van der Waals surface area contributed by atoms with Gasteiger partial charge in [0.15, 0.2) is 5.78 Å². The molecule has 0 aliphatic rings. The molecule has 0 aliphatic carbocycles. The molecular formula is C9H13NO. The van der Waals surface area contributed by atoms with Crippen LogP contribution in [0.15, 0.2) is 30.3 Å². The van der Waals surface area contributed by atoms with E-state index < -0.39 is 0 Å². The van der Waals surface area contributed by atoms with E-state index in [9.17, 15) is 4.79 Å². The minimum Gasteiger partial charge on any atom is -0.344 e. The van der Waals surface area contributed by atoms with E-state index >= 15 is 0 Å². The third-order valence-electron chi connectivity index (χ3n) is 1.42. The molecule has 0 saturated heterocycles. The van der Waals surface area contributed by atoms with Gasteiger partial charge in [0, 0.05) is 12.0 Å². The SMILES string of the molecule is CCC(=O)c1ccccc1.N. The summed E-state index contributed by atoms with van der Waals surface area (Å²) in [7, 11) is 0. The van der Waals surface area contributed by atoms with Crippen molar-refractivity contribution in [3.8, 4) is 0 Å². The zero-order valence-electron chi connectivity index (χ0n) is 6.71. The van der Waals surface area contributed by atoms with E-state index in [2.05, 4.69) is 0 Å². The highest BCUT2D eigenvalue weighted by molar-refractivity contribution is 5.95. The average molecular weight is 151 g/mol. The summed E-state index contributed by atoms with van der Waals surface area (Å²) < 4.78 is 0.